The third kappa shape index (κ3) is 3.47. The fraction of sp³-hybridized carbons (Fsp3) is 0. The van der Waals surface area contributed by atoms with Crippen LogP contribution in [-0.2, 0) is 0 Å². The van der Waals surface area contributed by atoms with E-state index < -0.39 is 5.91 Å². The summed E-state index contributed by atoms with van der Waals surface area (Å²) in [5.74, 6) is 4.59. The molecule has 25 heavy (non-hydrogen) atoms. The average Bonchev–Trinajstić information content (AvgIpc) is 2.92. The first kappa shape index (κ1) is 18.0. The van der Waals surface area contributed by atoms with Gasteiger partial charge in [0, 0.05) is 15.6 Å². The molecule has 0 aliphatic carbocycles. The summed E-state index contributed by atoms with van der Waals surface area (Å²) in [4.78, 5) is 12.0. The van der Waals surface area contributed by atoms with Crippen molar-refractivity contribution in [2.45, 2.75) is 0 Å². The van der Waals surface area contributed by atoms with E-state index in [4.69, 9.17) is 52.2 Å². The number of amides is 1. The van der Waals surface area contributed by atoms with Crippen molar-refractivity contribution < 1.29 is 4.79 Å². The zero-order valence-electron chi connectivity index (χ0n) is 12.4. The number of nitrogens with one attached hydrogen (secondary N) is 1. The van der Waals surface area contributed by atoms with Crippen molar-refractivity contribution in [1.82, 2.24) is 15.2 Å². The van der Waals surface area contributed by atoms with Crippen LogP contribution >= 0.6 is 46.4 Å². The Kier molecular flexibility index (Phi) is 5.22. The molecule has 1 amide bonds. The maximum Gasteiger partial charge on any atom is 0.287 e. The van der Waals surface area contributed by atoms with Gasteiger partial charge in [-0.15, -0.1) is 0 Å². The number of rotatable bonds is 3. The number of nitrogens with two attached hydrogens (primary N) is 1. The monoisotopic (exact) mass is 414 g/mol. The third-order valence-electron chi connectivity index (χ3n) is 3.43. The molecule has 1 heterocycles. The molecule has 0 saturated carbocycles. The Morgan fingerprint density at radius 3 is 2.24 bits per heavy atom. The van der Waals surface area contributed by atoms with Gasteiger partial charge in [-0.25, -0.2) is 10.5 Å². The van der Waals surface area contributed by atoms with Gasteiger partial charge in [-0.2, -0.15) is 5.10 Å². The summed E-state index contributed by atoms with van der Waals surface area (Å²) in [6.45, 7) is 0. The zero-order chi connectivity index (χ0) is 18.1. The molecule has 0 saturated heterocycles. The second kappa shape index (κ2) is 7.23. The molecule has 9 heteroatoms. The van der Waals surface area contributed by atoms with Crippen LogP contribution in [0.15, 0.2) is 42.5 Å². The summed E-state index contributed by atoms with van der Waals surface area (Å²) in [5.41, 5.74) is 3.68. The summed E-state index contributed by atoms with van der Waals surface area (Å²) < 4.78 is 1.47. The molecule has 2 aromatic carbocycles. The lowest BCUT2D eigenvalue weighted by Gasteiger charge is -2.10. The second-order valence-electron chi connectivity index (χ2n) is 5.00. The molecular weight excluding hydrogens is 406 g/mol. The summed E-state index contributed by atoms with van der Waals surface area (Å²) in [5, 5.41) is 5.79. The molecule has 0 bridgehead atoms. The minimum atomic E-state index is -0.621. The van der Waals surface area contributed by atoms with Gasteiger partial charge < -0.3 is 0 Å². The maximum absolute atomic E-state index is 12.0. The molecule has 3 rings (SSSR count). The van der Waals surface area contributed by atoms with Gasteiger partial charge in [-0.1, -0.05) is 58.5 Å². The molecule has 0 spiro atoms. The van der Waals surface area contributed by atoms with Crippen LogP contribution in [0.25, 0.3) is 16.9 Å². The first-order chi connectivity index (χ1) is 11.9. The molecule has 5 nitrogen and oxygen atoms in total. The summed E-state index contributed by atoms with van der Waals surface area (Å²) in [6, 6.07) is 11.8. The first-order valence-corrected chi connectivity index (χ1v) is 8.44. The van der Waals surface area contributed by atoms with Crippen LogP contribution < -0.4 is 11.3 Å². The van der Waals surface area contributed by atoms with Crippen molar-refractivity contribution in [3.63, 3.8) is 0 Å². The molecule has 0 atom stereocenters. The number of nitrogens with zero attached hydrogens (tertiary/aromatic N) is 2. The number of nitrogen functional groups attached to an aromatic ring is 1. The molecule has 1 aromatic heterocycles. The lowest BCUT2D eigenvalue weighted by atomic mass is 10.1. The van der Waals surface area contributed by atoms with Crippen LogP contribution in [-0.4, -0.2) is 15.7 Å². The highest BCUT2D eigenvalue weighted by Gasteiger charge is 2.24. The van der Waals surface area contributed by atoms with E-state index in [2.05, 4.69) is 5.10 Å². The van der Waals surface area contributed by atoms with Crippen molar-refractivity contribution in [1.29, 1.82) is 0 Å². The van der Waals surface area contributed by atoms with E-state index in [0.29, 0.717) is 32.0 Å². The molecule has 128 valence electrons. The number of carbonyl (C=O) groups is 1. The number of hydrogen-bond donors (Lipinski definition) is 2. The van der Waals surface area contributed by atoms with Gasteiger partial charge in [-0.05, 0) is 30.3 Å². The Hall–Kier alpha value is -1.76. The van der Waals surface area contributed by atoms with E-state index in [0.717, 1.165) is 0 Å². The van der Waals surface area contributed by atoms with Crippen molar-refractivity contribution in [3.8, 4) is 16.9 Å². The van der Waals surface area contributed by atoms with E-state index in [9.17, 15) is 4.79 Å². The van der Waals surface area contributed by atoms with Crippen LogP contribution in [0.5, 0.6) is 0 Å². The van der Waals surface area contributed by atoms with Gasteiger partial charge in [0.15, 0.2) is 5.69 Å². The highest BCUT2D eigenvalue weighted by atomic mass is 35.5. The SMILES string of the molecule is NNC(=O)c1nn(-c2ccc(Cl)cc2Cl)c(-c2ccc(Cl)cc2)c1Cl. The molecule has 0 aliphatic rings. The summed E-state index contributed by atoms with van der Waals surface area (Å²) in [7, 11) is 0. The second-order valence-corrected chi connectivity index (χ2v) is 6.66. The standard InChI is InChI=1S/C16H10Cl4N4O/c17-9-3-1-8(2-4-9)15-13(20)14(16(25)22-21)23-24(15)12-6-5-10(18)7-11(12)19/h1-7H,21H2,(H,22,25). The van der Waals surface area contributed by atoms with Crippen LogP contribution in [0.2, 0.25) is 20.1 Å². The lowest BCUT2D eigenvalue weighted by molar-refractivity contribution is 0.0948. The highest BCUT2D eigenvalue weighted by molar-refractivity contribution is 6.37. The van der Waals surface area contributed by atoms with Crippen LogP contribution in [0.1, 0.15) is 10.5 Å². The topological polar surface area (TPSA) is 72.9 Å². The van der Waals surface area contributed by atoms with Gasteiger partial charge in [0.2, 0.25) is 0 Å². The van der Waals surface area contributed by atoms with E-state index in [-0.39, 0.29) is 10.7 Å². The average molecular weight is 416 g/mol. The zero-order valence-corrected chi connectivity index (χ0v) is 15.5. The number of aromatic nitrogens is 2. The first-order valence-electron chi connectivity index (χ1n) is 6.93. The molecule has 3 N–H and O–H groups in total. The van der Waals surface area contributed by atoms with Crippen LogP contribution in [0, 0.1) is 0 Å². The molecular formula is C16H10Cl4N4O. The molecule has 3 aromatic rings. The Bertz CT molecular complexity index is 954. The largest absolute Gasteiger partial charge is 0.289 e. The summed E-state index contributed by atoms with van der Waals surface area (Å²) in [6.07, 6.45) is 0. The van der Waals surface area contributed by atoms with Gasteiger partial charge >= 0.3 is 0 Å². The predicted octanol–water partition coefficient (Wildman–Crippen LogP) is 4.76. The van der Waals surface area contributed by atoms with Crippen molar-refractivity contribution >= 4 is 52.3 Å². The minimum absolute atomic E-state index is 0.0277. The Morgan fingerprint density at radius 2 is 1.64 bits per heavy atom. The lowest BCUT2D eigenvalue weighted by Crippen LogP contribution is -2.30. The maximum atomic E-state index is 12.0. The Balaban J connectivity index is 2.29. The smallest absolute Gasteiger partial charge is 0.287 e. The third-order valence-corrected chi connectivity index (χ3v) is 4.58. The van der Waals surface area contributed by atoms with Crippen LogP contribution in [0.3, 0.4) is 0 Å². The van der Waals surface area contributed by atoms with Gasteiger partial charge in [0.25, 0.3) is 5.91 Å². The van der Waals surface area contributed by atoms with E-state index >= 15 is 0 Å². The molecule has 0 aliphatic heterocycles. The van der Waals surface area contributed by atoms with E-state index in [1.54, 1.807) is 42.5 Å². The fourth-order valence-electron chi connectivity index (χ4n) is 2.30. The number of halogens is 4. The van der Waals surface area contributed by atoms with Gasteiger partial charge in [0.1, 0.15) is 5.02 Å². The van der Waals surface area contributed by atoms with E-state index in [1.165, 1.54) is 4.68 Å². The summed E-state index contributed by atoms with van der Waals surface area (Å²) >= 11 is 24.6. The van der Waals surface area contributed by atoms with Crippen molar-refractivity contribution in [2.24, 2.45) is 5.84 Å². The fourth-order valence-corrected chi connectivity index (χ4v) is 3.22. The number of hydrogen-bond acceptors (Lipinski definition) is 3. The number of benzene rings is 2. The van der Waals surface area contributed by atoms with Crippen molar-refractivity contribution in [2.75, 3.05) is 0 Å². The highest BCUT2D eigenvalue weighted by Crippen LogP contribution is 2.36. The quantitative estimate of drug-likeness (QED) is 0.368. The predicted molar refractivity (Wildman–Crippen MR) is 101 cm³/mol. The Labute approximate surface area is 163 Å². The van der Waals surface area contributed by atoms with Gasteiger partial charge in [-0.3, -0.25) is 10.2 Å². The normalized spacial score (nSPS) is 10.8. The van der Waals surface area contributed by atoms with Crippen LogP contribution in [0.4, 0.5) is 0 Å². The molecule has 0 fully saturated rings. The number of carbonyl (C=O) groups excluding carboxylic acids is 1. The minimum Gasteiger partial charge on any atom is -0.289 e. The molecule has 0 unspecified atom stereocenters. The molecule has 0 radical (unpaired) electrons. The van der Waals surface area contributed by atoms with Crippen molar-refractivity contribution in [3.05, 3.63) is 68.2 Å². The van der Waals surface area contributed by atoms with E-state index in [1.807, 2.05) is 5.43 Å². The van der Waals surface area contributed by atoms with Gasteiger partial charge in [0.05, 0.1) is 16.4 Å². The number of hydrazine groups is 1. The Morgan fingerprint density at radius 1 is 1.00 bits per heavy atom.